The molecule has 50 valence electrons. The summed E-state index contributed by atoms with van der Waals surface area (Å²) in [5.74, 6) is 0. The molecule has 5 nitrogen and oxygen atoms in total. The molecular formula is C5H4N4O. The molecule has 0 aliphatic carbocycles. The largest absolute Gasteiger partial charge is 0.404 e. The van der Waals surface area contributed by atoms with Crippen LogP contribution in [0.15, 0.2) is 16.9 Å². The number of aromatic nitrogens is 3. The quantitative estimate of drug-likeness (QED) is 0.559. The van der Waals surface area contributed by atoms with Gasteiger partial charge in [-0.25, -0.2) is 4.98 Å². The summed E-state index contributed by atoms with van der Waals surface area (Å²) in [6, 6.07) is 0.121. The number of rotatable bonds is 0. The lowest BCUT2D eigenvalue weighted by Gasteiger charge is -1.78. The maximum Gasteiger partial charge on any atom is 0.294 e. The predicted octanol–water partition coefficient (Wildman–Crippen LogP) is 0.200. The van der Waals surface area contributed by atoms with E-state index in [9.17, 15) is 0 Å². The Morgan fingerprint density at radius 3 is 3.20 bits per heavy atom. The van der Waals surface area contributed by atoms with E-state index in [4.69, 9.17) is 10.2 Å². The SMILES string of the molecule is Nc1nc2cncnc2o1. The molecule has 0 spiro atoms. The van der Waals surface area contributed by atoms with Gasteiger partial charge in [0.15, 0.2) is 0 Å². The molecule has 2 aromatic heterocycles. The lowest BCUT2D eigenvalue weighted by Crippen LogP contribution is -1.80. The van der Waals surface area contributed by atoms with Crippen LogP contribution in [-0.4, -0.2) is 15.0 Å². The fourth-order valence-electron chi connectivity index (χ4n) is 0.707. The first kappa shape index (κ1) is 5.16. The van der Waals surface area contributed by atoms with Gasteiger partial charge < -0.3 is 10.2 Å². The van der Waals surface area contributed by atoms with E-state index in [0.29, 0.717) is 11.2 Å². The molecule has 0 saturated carbocycles. The zero-order valence-corrected chi connectivity index (χ0v) is 4.98. The van der Waals surface area contributed by atoms with E-state index in [-0.39, 0.29) is 6.01 Å². The van der Waals surface area contributed by atoms with Crippen molar-refractivity contribution in [1.29, 1.82) is 0 Å². The van der Waals surface area contributed by atoms with Crippen LogP contribution in [0.2, 0.25) is 0 Å². The van der Waals surface area contributed by atoms with Crippen molar-refractivity contribution in [3.8, 4) is 0 Å². The molecule has 0 radical (unpaired) electrons. The summed E-state index contributed by atoms with van der Waals surface area (Å²) in [5.41, 5.74) is 6.25. The van der Waals surface area contributed by atoms with Gasteiger partial charge in [0.25, 0.3) is 11.7 Å². The highest BCUT2D eigenvalue weighted by molar-refractivity contribution is 5.67. The molecule has 0 bridgehead atoms. The van der Waals surface area contributed by atoms with Crippen molar-refractivity contribution >= 4 is 17.2 Å². The van der Waals surface area contributed by atoms with Gasteiger partial charge in [-0.2, -0.15) is 9.97 Å². The molecule has 0 fully saturated rings. The molecule has 0 saturated heterocycles. The van der Waals surface area contributed by atoms with E-state index < -0.39 is 0 Å². The molecule has 0 aliphatic rings. The van der Waals surface area contributed by atoms with E-state index in [0.717, 1.165) is 0 Å². The van der Waals surface area contributed by atoms with Crippen molar-refractivity contribution in [2.24, 2.45) is 0 Å². The second-order valence-electron chi connectivity index (χ2n) is 1.77. The zero-order valence-electron chi connectivity index (χ0n) is 4.98. The van der Waals surface area contributed by atoms with Gasteiger partial charge in [-0.3, -0.25) is 0 Å². The highest BCUT2D eigenvalue weighted by atomic mass is 16.4. The third-order valence-electron chi connectivity index (χ3n) is 1.09. The van der Waals surface area contributed by atoms with Gasteiger partial charge in [-0.1, -0.05) is 0 Å². The van der Waals surface area contributed by atoms with Crippen molar-refractivity contribution in [2.75, 3.05) is 5.73 Å². The summed E-state index contributed by atoms with van der Waals surface area (Å²) in [6.07, 6.45) is 2.93. The van der Waals surface area contributed by atoms with Gasteiger partial charge in [0.2, 0.25) is 0 Å². The Bertz CT molecular complexity index is 322. The topological polar surface area (TPSA) is 77.8 Å². The molecule has 2 heterocycles. The molecule has 5 heteroatoms. The Hall–Kier alpha value is -1.65. The zero-order chi connectivity index (χ0) is 6.97. The number of hydrogen-bond donors (Lipinski definition) is 1. The number of anilines is 1. The number of hydrogen-bond acceptors (Lipinski definition) is 5. The fourth-order valence-corrected chi connectivity index (χ4v) is 0.707. The third-order valence-corrected chi connectivity index (χ3v) is 1.09. The summed E-state index contributed by atoms with van der Waals surface area (Å²) in [7, 11) is 0. The van der Waals surface area contributed by atoms with Gasteiger partial charge in [0.05, 0.1) is 6.20 Å². The molecule has 0 atom stereocenters. The third kappa shape index (κ3) is 0.604. The molecule has 2 aromatic rings. The van der Waals surface area contributed by atoms with Crippen LogP contribution < -0.4 is 5.73 Å². The van der Waals surface area contributed by atoms with Crippen LogP contribution in [0.5, 0.6) is 0 Å². The number of nitrogens with two attached hydrogens (primary N) is 1. The average Bonchev–Trinajstić information content (AvgIpc) is 2.27. The molecule has 0 aliphatic heterocycles. The van der Waals surface area contributed by atoms with Crippen molar-refractivity contribution in [2.45, 2.75) is 0 Å². The van der Waals surface area contributed by atoms with E-state index in [1.54, 1.807) is 6.20 Å². The van der Waals surface area contributed by atoms with Crippen molar-refractivity contribution in [1.82, 2.24) is 15.0 Å². The molecule has 10 heavy (non-hydrogen) atoms. The summed E-state index contributed by atoms with van der Waals surface area (Å²) < 4.78 is 4.88. The lowest BCUT2D eigenvalue weighted by atomic mass is 10.6. The second kappa shape index (κ2) is 1.66. The Morgan fingerprint density at radius 2 is 2.40 bits per heavy atom. The van der Waals surface area contributed by atoms with Crippen LogP contribution in [0.25, 0.3) is 11.2 Å². The minimum absolute atomic E-state index is 0.121. The minimum Gasteiger partial charge on any atom is -0.404 e. The summed E-state index contributed by atoms with van der Waals surface area (Å²) in [4.78, 5) is 11.3. The minimum atomic E-state index is 0.121. The van der Waals surface area contributed by atoms with Crippen molar-refractivity contribution in [3.63, 3.8) is 0 Å². The first-order valence-corrected chi connectivity index (χ1v) is 2.68. The van der Waals surface area contributed by atoms with Gasteiger partial charge in [0.1, 0.15) is 11.8 Å². The molecule has 0 unspecified atom stereocenters. The van der Waals surface area contributed by atoms with Gasteiger partial charge in [-0.15, -0.1) is 0 Å². The van der Waals surface area contributed by atoms with Gasteiger partial charge >= 0.3 is 0 Å². The Morgan fingerprint density at radius 1 is 1.50 bits per heavy atom. The van der Waals surface area contributed by atoms with E-state index in [1.165, 1.54) is 6.33 Å². The van der Waals surface area contributed by atoms with E-state index >= 15 is 0 Å². The van der Waals surface area contributed by atoms with Crippen LogP contribution in [0.1, 0.15) is 0 Å². The maximum atomic E-state index is 5.24. The molecule has 0 aromatic carbocycles. The van der Waals surface area contributed by atoms with Crippen molar-refractivity contribution < 1.29 is 4.42 Å². The van der Waals surface area contributed by atoms with Gasteiger partial charge in [-0.05, 0) is 0 Å². The summed E-state index contributed by atoms with van der Waals surface area (Å²) in [5, 5.41) is 0. The molecule has 2 N–H and O–H groups in total. The first-order valence-electron chi connectivity index (χ1n) is 2.68. The molecule has 0 amide bonds. The molecular weight excluding hydrogens is 132 g/mol. The Balaban J connectivity index is 2.88. The number of oxazole rings is 1. The fraction of sp³-hybridized carbons (Fsp3) is 0. The van der Waals surface area contributed by atoms with Gasteiger partial charge in [0, 0.05) is 0 Å². The van der Waals surface area contributed by atoms with Crippen LogP contribution in [0, 0.1) is 0 Å². The first-order chi connectivity index (χ1) is 4.86. The standard InChI is InChI=1S/C5H4N4O/c6-5-9-3-1-7-2-8-4(3)10-5/h1-2H,(H2,6,9). The number of fused-ring (bicyclic) bond motifs is 1. The van der Waals surface area contributed by atoms with E-state index in [1.807, 2.05) is 0 Å². The maximum absolute atomic E-state index is 5.24. The van der Waals surface area contributed by atoms with Crippen LogP contribution in [-0.2, 0) is 0 Å². The second-order valence-corrected chi connectivity index (χ2v) is 1.77. The Kier molecular flexibility index (Phi) is 0.858. The average molecular weight is 136 g/mol. The number of nitrogen functional groups attached to an aromatic ring is 1. The van der Waals surface area contributed by atoms with Crippen molar-refractivity contribution in [3.05, 3.63) is 12.5 Å². The normalized spacial score (nSPS) is 10.4. The smallest absolute Gasteiger partial charge is 0.294 e. The number of nitrogens with zero attached hydrogens (tertiary/aromatic N) is 3. The van der Waals surface area contributed by atoms with Crippen LogP contribution in [0.3, 0.4) is 0 Å². The van der Waals surface area contributed by atoms with Crippen LogP contribution in [0.4, 0.5) is 6.01 Å². The highest BCUT2D eigenvalue weighted by Gasteiger charge is 2.00. The monoisotopic (exact) mass is 136 g/mol. The van der Waals surface area contributed by atoms with Crippen LogP contribution >= 0.6 is 0 Å². The highest BCUT2D eigenvalue weighted by Crippen LogP contribution is 2.10. The van der Waals surface area contributed by atoms with E-state index in [2.05, 4.69) is 15.0 Å². The summed E-state index contributed by atoms with van der Waals surface area (Å²) >= 11 is 0. The Labute approximate surface area is 55.9 Å². The molecule has 2 rings (SSSR count). The summed E-state index contributed by atoms with van der Waals surface area (Å²) in [6.45, 7) is 0. The predicted molar refractivity (Wildman–Crippen MR) is 34.0 cm³/mol. The lowest BCUT2D eigenvalue weighted by molar-refractivity contribution is 0.613.